The fourth-order valence-corrected chi connectivity index (χ4v) is 4.33. The van der Waals surface area contributed by atoms with Crippen LogP contribution in [0.1, 0.15) is 41.5 Å². The Bertz CT molecular complexity index is 246. The first-order valence-electron chi connectivity index (χ1n) is 6.20. The Kier molecular flexibility index (Phi) is 6.56. The van der Waals surface area contributed by atoms with Crippen LogP contribution in [-0.2, 0) is 0 Å². The van der Waals surface area contributed by atoms with E-state index in [0.29, 0.717) is 5.41 Å². The van der Waals surface area contributed by atoms with Crippen molar-refractivity contribution >= 4 is 7.92 Å². The van der Waals surface area contributed by atoms with Gasteiger partial charge in [-0.15, -0.1) is 7.92 Å². The quantitative estimate of drug-likeness (QED) is 0.436. The van der Waals surface area contributed by atoms with Gasteiger partial charge in [-0.1, -0.05) is 52.0 Å². The van der Waals surface area contributed by atoms with Crippen LogP contribution in [0.15, 0.2) is 24.3 Å². The molecule has 0 spiro atoms. The van der Waals surface area contributed by atoms with E-state index in [2.05, 4.69) is 72.5 Å². The first-order valence-corrected chi connectivity index (χ1v) is 8.36. The van der Waals surface area contributed by atoms with Crippen molar-refractivity contribution in [2.24, 2.45) is 10.8 Å². The highest BCUT2D eigenvalue weighted by Crippen LogP contribution is 2.48. The maximum Gasteiger partial charge on any atom is -0.0120 e. The highest BCUT2D eigenvalue weighted by Gasteiger charge is 2.35. The minimum atomic E-state index is 0.130. The molecule has 0 aliphatic heterocycles. The lowest BCUT2D eigenvalue weighted by molar-refractivity contribution is 0.198. The number of allylic oxidation sites excluding steroid dienone is 4. The average Bonchev–Trinajstić information content (AvgIpc) is 2.13. The zero-order valence-electron chi connectivity index (χ0n) is 12.2. The molecule has 0 aliphatic rings. The second-order valence-corrected chi connectivity index (χ2v) is 8.26. The van der Waals surface area contributed by atoms with Crippen LogP contribution in [-0.4, -0.2) is 19.0 Å². The van der Waals surface area contributed by atoms with E-state index in [1.54, 1.807) is 0 Å². The smallest absolute Gasteiger partial charge is 0.0120 e. The Hall–Kier alpha value is -0.0900. The van der Waals surface area contributed by atoms with E-state index < -0.39 is 0 Å². The molecule has 0 bridgehead atoms. The van der Waals surface area contributed by atoms with E-state index in [9.17, 15) is 0 Å². The molecule has 1 heteroatoms. The first kappa shape index (κ1) is 15.9. The van der Waals surface area contributed by atoms with Crippen molar-refractivity contribution in [1.82, 2.24) is 0 Å². The third-order valence-corrected chi connectivity index (χ3v) is 5.81. The number of hydrogen-bond donors (Lipinski definition) is 0. The van der Waals surface area contributed by atoms with Crippen molar-refractivity contribution in [2.45, 2.75) is 41.5 Å². The van der Waals surface area contributed by atoms with Crippen molar-refractivity contribution < 1.29 is 0 Å². The van der Waals surface area contributed by atoms with Gasteiger partial charge in [0, 0.05) is 0 Å². The van der Waals surface area contributed by atoms with Gasteiger partial charge in [0.15, 0.2) is 0 Å². The third-order valence-electron chi connectivity index (χ3n) is 3.65. The van der Waals surface area contributed by atoms with Crippen LogP contribution >= 0.6 is 7.92 Å². The lowest BCUT2D eigenvalue weighted by atomic mass is 9.69. The third kappa shape index (κ3) is 4.83. The molecule has 0 N–H and O–H groups in total. The zero-order chi connectivity index (χ0) is 12.8. The molecule has 0 aliphatic carbocycles. The van der Waals surface area contributed by atoms with Crippen LogP contribution in [0.25, 0.3) is 0 Å². The fraction of sp³-hybridized carbons (Fsp3) is 0.733. The summed E-state index contributed by atoms with van der Waals surface area (Å²) in [5.74, 6) is 0. The molecule has 16 heavy (non-hydrogen) atoms. The normalized spacial score (nSPS) is 16.2. The SMILES string of the molecule is C/C=C\C(C)(C)C(C)(C)CP(C)C/C=C/C. The fourth-order valence-electron chi connectivity index (χ4n) is 1.87. The summed E-state index contributed by atoms with van der Waals surface area (Å²) in [6.07, 6.45) is 11.6. The molecule has 0 amide bonds. The molecule has 0 aromatic rings. The molecule has 0 aromatic carbocycles. The zero-order valence-corrected chi connectivity index (χ0v) is 13.1. The monoisotopic (exact) mass is 240 g/mol. The highest BCUT2D eigenvalue weighted by molar-refractivity contribution is 7.57. The molecule has 0 nitrogen and oxygen atoms in total. The molecular weight excluding hydrogens is 211 g/mol. The van der Waals surface area contributed by atoms with Crippen molar-refractivity contribution in [2.75, 3.05) is 19.0 Å². The van der Waals surface area contributed by atoms with Crippen LogP contribution in [0.4, 0.5) is 0 Å². The standard InChI is InChI=1S/C15H29P/c1-8-10-12-16(7)13-15(5,6)14(3,4)11-9-2/h8-11H,12-13H2,1-7H3/b10-8+,11-9-. The summed E-state index contributed by atoms with van der Waals surface area (Å²) in [5.41, 5.74) is 0.663. The summed E-state index contributed by atoms with van der Waals surface area (Å²) in [6, 6.07) is 0. The van der Waals surface area contributed by atoms with Gasteiger partial charge in [0.05, 0.1) is 0 Å². The van der Waals surface area contributed by atoms with Gasteiger partial charge in [0.2, 0.25) is 0 Å². The van der Waals surface area contributed by atoms with Crippen LogP contribution < -0.4 is 0 Å². The number of rotatable bonds is 6. The van der Waals surface area contributed by atoms with Gasteiger partial charge in [0.25, 0.3) is 0 Å². The summed E-state index contributed by atoms with van der Waals surface area (Å²) in [5, 5.41) is 0. The summed E-state index contributed by atoms with van der Waals surface area (Å²) in [6.45, 7) is 16.2. The lowest BCUT2D eigenvalue weighted by Gasteiger charge is -2.41. The van der Waals surface area contributed by atoms with E-state index in [4.69, 9.17) is 0 Å². The predicted molar refractivity (Wildman–Crippen MR) is 79.8 cm³/mol. The topological polar surface area (TPSA) is 0 Å². The molecule has 0 aromatic heterocycles. The molecule has 0 fully saturated rings. The second kappa shape index (κ2) is 6.60. The van der Waals surface area contributed by atoms with Gasteiger partial charge in [-0.25, -0.2) is 0 Å². The van der Waals surface area contributed by atoms with E-state index in [1.807, 2.05) is 0 Å². The maximum absolute atomic E-state index is 2.42. The maximum atomic E-state index is 2.42. The van der Waals surface area contributed by atoms with Crippen molar-refractivity contribution in [3.8, 4) is 0 Å². The molecule has 0 saturated carbocycles. The Morgan fingerprint density at radius 2 is 1.56 bits per heavy atom. The molecule has 1 unspecified atom stereocenters. The summed E-state index contributed by atoms with van der Waals surface area (Å²) >= 11 is 0. The summed E-state index contributed by atoms with van der Waals surface area (Å²) < 4.78 is 0. The van der Waals surface area contributed by atoms with Crippen LogP contribution in [0.2, 0.25) is 0 Å². The molecule has 94 valence electrons. The minimum Gasteiger partial charge on any atom is -0.105 e. The average molecular weight is 240 g/mol. The highest BCUT2D eigenvalue weighted by atomic mass is 31.1. The Morgan fingerprint density at radius 1 is 1.00 bits per heavy atom. The molecule has 0 radical (unpaired) electrons. The van der Waals surface area contributed by atoms with Crippen molar-refractivity contribution in [3.63, 3.8) is 0 Å². The van der Waals surface area contributed by atoms with Gasteiger partial charge in [-0.2, -0.15) is 0 Å². The molecule has 0 rings (SSSR count). The molecular formula is C15H29P. The molecule has 1 atom stereocenters. The largest absolute Gasteiger partial charge is 0.105 e. The van der Waals surface area contributed by atoms with Gasteiger partial charge >= 0.3 is 0 Å². The van der Waals surface area contributed by atoms with Crippen LogP contribution in [0.5, 0.6) is 0 Å². The van der Waals surface area contributed by atoms with Crippen molar-refractivity contribution in [3.05, 3.63) is 24.3 Å². The van der Waals surface area contributed by atoms with E-state index in [0.717, 1.165) is 0 Å². The molecule has 0 heterocycles. The van der Waals surface area contributed by atoms with Crippen LogP contribution in [0, 0.1) is 10.8 Å². The summed E-state index contributed by atoms with van der Waals surface area (Å²) in [7, 11) is 0.130. The van der Waals surface area contributed by atoms with Gasteiger partial charge < -0.3 is 0 Å². The molecule has 0 saturated heterocycles. The minimum absolute atomic E-state index is 0.130. The predicted octanol–water partition coefficient (Wildman–Crippen LogP) is 5.30. The van der Waals surface area contributed by atoms with Gasteiger partial charge in [-0.05, 0) is 43.7 Å². The van der Waals surface area contributed by atoms with Gasteiger partial charge in [0.1, 0.15) is 0 Å². The first-order chi connectivity index (χ1) is 7.27. The Labute approximate surface area is 104 Å². The van der Waals surface area contributed by atoms with E-state index in [1.165, 1.54) is 12.3 Å². The Morgan fingerprint density at radius 3 is 2.00 bits per heavy atom. The number of hydrogen-bond acceptors (Lipinski definition) is 0. The van der Waals surface area contributed by atoms with E-state index >= 15 is 0 Å². The second-order valence-electron chi connectivity index (χ2n) is 5.87. The lowest BCUT2D eigenvalue weighted by Crippen LogP contribution is -2.33. The Balaban J connectivity index is 4.54. The van der Waals surface area contributed by atoms with Crippen molar-refractivity contribution in [1.29, 1.82) is 0 Å². The summed E-state index contributed by atoms with van der Waals surface area (Å²) in [4.78, 5) is 0. The van der Waals surface area contributed by atoms with Crippen LogP contribution in [0.3, 0.4) is 0 Å². The van der Waals surface area contributed by atoms with E-state index in [-0.39, 0.29) is 13.3 Å². The van der Waals surface area contributed by atoms with Gasteiger partial charge in [-0.3, -0.25) is 0 Å².